The van der Waals surface area contributed by atoms with E-state index in [9.17, 15) is 9.59 Å². The lowest BCUT2D eigenvalue weighted by Gasteiger charge is -2.27. The van der Waals surface area contributed by atoms with Gasteiger partial charge in [-0.2, -0.15) is 0 Å². The molecule has 1 rings (SSSR count). The number of rotatable bonds is 5. The van der Waals surface area contributed by atoms with Crippen molar-refractivity contribution in [1.29, 1.82) is 0 Å². The standard InChI is InChI=1S/C12H23N3O2/c1-10(8-13-2)12(17)14-9-11(16)15-6-4-3-5-7-15/h10,13H,3-9H2,1-2H3,(H,14,17). The van der Waals surface area contributed by atoms with Crippen molar-refractivity contribution in [3.8, 4) is 0 Å². The number of carbonyl (C=O) groups excluding carboxylic acids is 2. The molecule has 17 heavy (non-hydrogen) atoms. The van der Waals surface area contributed by atoms with Gasteiger partial charge in [0.2, 0.25) is 11.8 Å². The molecule has 0 spiro atoms. The number of amides is 2. The Labute approximate surface area is 103 Å². The van der Waals surface area contributed by atoms with Gasteiger partial charge < -0.3 is 15.5 Å². The minimum atomic E-state index is -0.103. The number of piperidine rings is 1. The average Bonchev–Trinajstić information content (AvgIpc) is 2.36. The predicted molar refractivity (Wildman–Crippen MR) is 66.5 cm³/mol. The zero-order valence-corrected chi connectivity index (χ0v) is 10.8. The van der Waals surface area contributed by atoms with E-state index >= 15 is 0 Å². The van der Waals surface area contributed by atoms with Crippen LogP contribution in [0.1, 0.15) is 26.2 Å². The Kier molecular flexibility index (Phi) is 5.97. The first-order valence-electron chi connectivity index (χ1n) is 6.35. The van der Waals surface area contributed by atoms with Crippen LogP contribution >= 0.6 is 0 Å². The minimum absolute atomic E-state index is 0.0368. The molecular formula is C12H23N3O2. The zero-order chi connectivity index (χ0) is 12.7. The lowest BCUT2D eigenvalue weighted by molar-refractivity contribution is -0.134. The van der Waals surface area contributed by atoms with Crippen molar-refractivity contribution >= 4 is 11.8 Å². The maximum atomic E-state index is 11.8. The molecule has 1 fully saturated rings. The highest BCUT2D eigenvalue weighted by atomic mass is 16.2. The molecule has 0 aromatic heterocycles. The molecule has 98 valence electrons. The predicted octanol–water partition coefficient (Wildman–Crippen LogP) is -0.0294. The van der Waals surface area contributed by atoms with E-state index in [-0.39, 0.29) is 24.3 Å². The van der Waals surface area contributed by atoms with Crippen molar-refractivity contribution in [3.05, 3.63) is 0 Å². The SMILES string of the molecule is CNCC(C)C(=O)NCC(=O)N1CCCCC1. The number of nitrogens with one attached hydrogen (secondary N) is 2. The smallest absolute Gasteiger partial charge is 0.241 e. The van der Waals surface area contributed by atoms with Crippen LogP contribution in [0.15, 0.2) is 0 Å². The van der Waals surface area contributed by atoms with E-state index in [2.05, 4.69) is 10.6 Å². The van der Waals surface area contributed by atoms with Gasteiger partial charge >= 0.3 is 0 Å². The Hall–Kier alpha value is -1.10. The van der Waals surface area contributed by atoms with Crippen molar-refractivity contribution in [2.45, 2.75) is 26.2 Å². The van der Waals surface area contributed by atoms with E-state index in [0.717, 1.165) is 25.9 Å². The molecule has 0 aromatic carbocycles. The van der Waals surface area contributed by atoms with Gasteiger partial charge in [-0.15, -0.1) is 0 Å². The van der Waals surface area contributed by atoms with Gasteiger partial charge in [0.25, 0.3) is 0 Å². The molecular weight excluding hydrogens is 218 g/mol. The quantitative estimate of drug-likeness (QED) is 0.710. The van der Waals surface area contributed by atoms with Crippen molar-refractivity contribution in [3.63, 3.8) is 0 Å². The third kappa shape index (κ3) is 4.73. The molecule has 0 radical (unpaired) electrons. The molecule has 0 aromatic rings. The highest BCUT2D eigenvalue weighted by Crippen LogP contribution is 2.08. The van der Waals surface area contributed by atoms with Gasteiger partial charge in [-0.25, -0.2) is 0 Å². The van der Waals surface area contributed by atoms with E-state index in [1.807, 2.05) is 18.9 Å². The summed E-state index contributed by atoms with van der Waals surface area (Å²) in [6.07, 6.45) is 3.36. The Morgan fingerprint density at radius 2 is 1.88 bits per heavy atom. The summed E-state index contributed by atoms with van der Waals surface area (Å²) >= 11 is 0. The van der Waals surface area contributed by atoms with E-state index < -0.39 is 0 Å². The first kappa shape index (κ1) is 14.0. The number of carbonyl (C=O) groups is 2. The fourth-order valence-electron chi connectivity index (χ4n) is 1.99. The minimum Gasteiger partial charge on any atom is -0.347 e. The fourth-order valence-corrected chi connectivity index (χ4v) is 1.99. The summed E-state index contributed by atoms with van der Waals surface area (Å²) in [5.41, 5.74) is 0. The monoisotopic (exact) mass is 241 g/mol. The first-order valence-corrected chi connectivity index (χ1v) is 6.35. The van der Waals surface area contributed by atoms with Crippen molar-refractivity contribution < 1.29 is 9.59 Å². The molecule has 2 N–H and O–H groups in total. The lowest BCUT2D eigenvalue weighted by Crippen LogP contribution is -2.44. The van der Waals surface area contributed by atoms with Crippen LogP contribution in [0.25, 0.3) is 0 Å². The normalized spacial score (nSPS) is 17.6. The van der Waals surface area contributed by atoms with Gasteiger partial charge in [-0.1, -0.05) is 6.92 Å². The van der Waals surface area contributed by atoms with Crippen LogP contribution in [0.2, 0.25) is 0 Å². The summed E-state index contributed by atoms with van der Waals surface area (Å²) in [5.74, 6) is -0.131. The van der Waals surface area contributed by atoms with Crippen LogP contribution in [0, 0.1) is 5.92 Å². The van der Waals surface area contributed by atoms with Gasteiger partial charge in [0.05, 0.1) is 6.54 Å². The summed E-state index contributed by atoms with van der Waals surface area (Å²) in [5, 5.41) is 5.64. The van der Waals surface area contributed by atoms with E-state index in [1.54, 1.807) is 0 Å². The van der Waals surface area contributed by atoms with Crippen molar-refractivity contribution in [1.82, 2.24) is 15.5 Å². The molecule has 1 unspecified atom stereocenters. The van der Waals surface area contributed by atoms with Crippen LogP contribution in [0.5, 0.6) is 0 Å². The Morgan fingerprint density at radius 1 is 1.24 bits per heavy atom. The Bertz CT molecular complexity index is 262. The number of hydrogen-bond acceptors (Lipinski definition) is 3. The third-order valence-electron chi connectivity index (χ3n) is 3.08. The lowest BCUT2D eigenvalue weighted by atomic mass is 10.1. The molecule has 1 aliphatic heterocycles. The zero-order valence-electron chi connectivity index (χ0n) is 10.8. The molecule has 2 amide bonds. The number of likely N-dealkylation sites (tertiary alicyclic amines) is 1. The first-order chi connectivity index (χ1) is 8.15. The second-order valence-electron chi connectivity index (χ2n) is 4.62. The average molecular weight is 241 g/mol. The number of nitrogens with zero attached hydrogens (tertiary/aromatic N) is 1. The van der Waals surface area contributed by atoms with E-state index in [1.165, 1.54) is 6.42 Å². The van der Waals surface area contributed by atoms with Crippen LogP contribution in [0.3, 0.4) is 0 Å². The molecule has 1 heterocycles. The second-order valence-corrected chi connectivity index (χ2v) is 4.62. The molecule has 0 aliphatic carbocycles. The molecule has 1 atom stereocenters. The number of hydrogen-bond donors (Lipinski definition) is 2. The van der Waals surface area contributed by atoms with Gasteiger partial charge in [0.1, 0.15) is 0 Å². The summed E-state index contributed by atoms with van der Waals surface area (Å²) in [4.78, 5) is 25.2. The van der Waals surface area contributed by atoms with Crippen molar-refractivity contribution in [2.24, 2.45) is 5.92 Å². The van der Waals surface area contributed by atoms with Crippen LogP contribution in [-0.2, 0) is 9.59 Å². The maximum Gasteiger partial charge on any atom is 0.241 e. The van der Waals surface area contributed by atoms with Crippen molar-refractivity contribution in [2.75, 3.05) is 33.2 Å². The molecule has 0 saturated carbocycles. The Morgan fingerprint density at radius 3 is 2.47 bits per heavy atom. The summed E-state index contributed by atoms with van der Waals surface area (Å²) < 4.78 is 0. The highest BCUT2D eigenvalue weighted by Gasteiger charge is 2.18. The molecule has 1 aliphatic rings. The fraction of sp³-hybridized carbons (Fsp3) is 0.833. The summed E-state index contributed by atoms with van der Waals surface area (Å²) in [6, 6.07) is 0. The van der Waals surface area contributed by atoms with Gasteiger partial charge in [-0.05, 0) is 26.3 Å². The van der Waals surface area contributed by atoms with Crippen LogP contribution in [0.4, 0.5) is 0 Å². The maximum absolute atomic E-state index is 11.8. The van der Waals surface area contributed by atoms with E-state index in [0.29, 0.717) is 6.54 Å². The summed E-state index contributed by atoms with van der Waals surface area (Å²) in [7, 11) is 1.81. The molecule has 5 nitrogen and oxygen atoms in total. The van der Waals surface area contributed by atoms with Crippen LogP contribution in [-0.4, -0.2) is 49.9 Å². The Balaban J connectivity index is 2.24. The summed E-state index contributed by atoms with van der Waals surface area (Å²) in [6.45, 7) is 4.27. The van der Waals surface area contributed by atoms with Gasteiger partial charge in [-0.3, -0.25) is 9.59 Å². The largest absolute Gasteiger partial charge is 0.347 e. The van der Waals surface area contributed by atoms with Gasteiger partial charge in [0.15, 0.2) is 0 Å². The van der Waals surface area contributed by atoms with Gasteiger partial charge in [0, 0.05) is 25.6 Å². The molecule has 5 heteroatoms. The highest BCUT2D eigenvalue weighted by molar-refractivity contribution is 5.85. The van der Waals surface area contributed by atoms with E-state index in [4.69, 9.17) is 0 Å². The third-order valence-corrected chi connectivity index (χ3v) is 3.08. The second kappa shape index (κ2) is 7.27. The van der Waals surface area contributed by atoms with Crippen LogP contribution < -0.4 is 10.6 Å². The topological polar surface area (TPSA) is 61.4 Å². The molecule has 0 bridgehead atoms. The molecule has 1 saturated heterocycles.